The number of nitrogens with zero attached hydrogens (tertiary/aromatic N) is 2. The summed E-state index contributed by atoms with van der Waals surface area (Å²) in [6.45, 7) is 3.60. The van der Waals surface area contributed by atoms with Crippen molar-refractivity contribution in [1.29, 1.82) is 0 Å². The van der Waals surface area contributed by atoms with Gasteiger partial charge >= 0.3 is 0 Å². The SMILES string of the molecule is CCCCCCCCNc1cnc(C(=O)NCc2ccccc2)cn1. The Morgan fingerprint density at radius 2 is 1.72 bits per heavy atom. The largest absolute Gasteiger partial charge is 0.369 e. The second-order valence-corrected chi connectivity index (χ2v) is 6.15. The minimum atomic E-state index is -0.209. The van der Waals surface area contributed by atoms with Gasteiger partial charge in [-0.15, -0.1) is 0 Å². The molecule has 0 aliphatic carbocycles. The molecule has 0 bridgehead atoms. The van der Waals surface area contributed by atoms with E-state index < -0.39 is 0 Å². The van der Waals surface area contributed by atoms with Crippen LogP contribution in [0.5, 0.6) is 0 Å². The monoisotopic (exact) mass is 340 g/mol. The van der Waals surface area contributed by atoms with E-state index in [2.05, 4.69) is 27.5 Å². The smallest absolute Gasteiger partial charge is 0.271 e. The molecule has 0 atom stereocenters. The number of amides is 1. The summed E-state index contributed by atoms with van der Waals surface area (Å²) in [5.74, 6) is 0.506. The minimum absolute atomic E-state index is 0.209. The lowest BCUT2D eigenvalue weighted by Crippen LogP contribution is -2.24. The number of anilines is 1. The van der Waals surface area contributed by atoms with Gasteiger partial charge in [0.15, 0.2) is 0 Å². The van der Waals surface area contributed by atoms with Crippen LogP contribution in [0.3, 0.4) is 0 Å². The molecule has 2 rings (SSSR count). The first-order valence-electron chi connectivity index (χ1n) is 9.17. The van der Waals surface area contributed by atoms with E-state index in [-0.39, 0.29) is 5.91 Å². The van der Waals surface area contributed by atoms with E-state index >= 15 is 0 Å². The molecule has 1 amide bonds. The summed E-state index contributed by atoms with van der Waals surface area (Å²) >= 11 is 0. The Hall–Kier alpha value is -2.43. The van der Waals surface area contributed by atoms with Crippen molar-refractivity contribution in [2.75, 3.05) is 11.9 Å². The van der Waals surface area contributed by atoms with Gasteiger partial charge in [-0.05, 0) is 12.0 Å². The zero-order valence-corrected chi connectivity index (χ0v) is 15.0. The first kappa shape index (κ1) is 18.9. The molecule has 25 heavy (non-hydrogen) atoms. The summed E-state index contributed by atoms with van der Waals surface area (Å²) in [5.41, 5.74) is 1.39. The van der Waals surface area contributed by atoms with Crippen molar-refractivity contribution in [3.8, 4) is 0 Å². The second-order valence-electron chi connectivity index (χ2n) is 6.15. The van der Waals surface area contributed by atoms with Crippen LogP contribution < -0.4 is 10.6 Å². The fourth-order valence-electron chi connectivity index (χ4n) is 2.53. The zero-order valence-electron chi connectivity index (χ0n) is 15.0. The van der Waals surface area contributed by atoms with E-state index in [1.807, 2.05) is 30.3 Å². The van der Waals surface area contributed by atoms with Gasteiger partial charge in [0.25, 0.3) is 5.91 Å². The maximum Gasteiger partial charge on any atom is 0.271 e. The molecule has 2 aromatic rings. The zero-order chi connectivity index (χ0) is 17.7. The number of rotatable bonds is 11. The first-order chi connectivity index (χ1) is 12.3. The van der Waals surface area contributed by atoms with Gasteiger partial charge in [-0.1, -0.05) is 69.4 Å². The van der Waals surface area contributed by atoms with Crippen LogP contribution in [0.4, 0.5) is 5.82 Å². The Kier molecular flexibility index (Phi) is 8.45. The van der Waals surface area contributed by atoms with Crippen molar-refractivity contribution < 1.29 is 4.79 Å². The van der Waals surface area contributed by atoms with Gasteiger partial charge in [0.05, 0.1) is 12.4 Å². The van der Waals surface area contributed by atoms with E-state index in [1.165, 1.54) is 38.3 Å². The van der Waals surface area contributed by atoms with Gasteiger partial charge in [-0.3, -0.25) is 4.79 Å². The standard InChI is InChI=1S/C20H28N4O/c1-2-3-4-5-6-10-13-21-19-16-22-18(15-23-19)20(25)24-14-17-11-8-7-9-12-17/h7-9,11-12,15-16H,2-6,10,13-14H2,1H3,(H,21,23)(H,24,25). The molecule has 0 aliphatic rings. The van der Waals surface area contributed by atoms with Gasteiger partial charge in [0, 0.05) is 13.1 Å². The maximum atomic E-state index is 12.1. The Labute approximate surface area is 150 Å². The molecule has 134 valence electrons. The summed E-state index contributed by atoms with van der Waals surface area (Å²) < 4.78 is 0. The number of carbonyl (C=O) groups excluding carboxylic acids is 1. The highest BCUT2D eigenvalue weighted by Gasteiger charge is 2.07. The van der Waals surface area contributed by atoms with Gasteiger partial charge in [0.2, 0.25) is 0 Å². The molecule has 0 radical (unpaired) electrons. The molecular weight excluding hydrogens is 312 g/mol. The topological polar surface area (TPSA) is 66.9 Å². The average molecular weight is 340 g/mol. The minimum Gasteiger partial charge on any atom is -0.369 e. The lowest BCUT2D eigenvalue weighted by atomic mass is 10.1. The fraction of sp³-hybridized carbons (Fsp3) is 0.450. The Bertz CT molecular complexity index is 613. The van der Waals surface area contributed by atoms with E-state index in [9.17, 15) is 4.79 Å². The van der Waals surface area contributed by atoms with Crippen molar-refractivity contribution in [3.63, 3.8) is 0 Å². The highest BCUT2D eigenvalue weighted by molar-refractivity contribution is 5.91. The highest BCUT2D eigenvalue weighted by Crippen LogP contribution is 2.06. The summed E-state index contributed by atoms with van der Waals surface area (Å²) in [4.78, 5) is 20.5. The average Bonchev–Trinajstić information content (AvgIpc) is 2.67. The Balaban J connectivity index is 1.67. The number of carbonyl (C=O) groups is 1. The van der Waals surface area contributed by atoms with E-state index in [0.29, 0.717) is 18.1 Å². The fourth-order valence-corrected chi connectivity index (χ4v) is 2.53. The molecule has 0 fully saturated rings. The van der Waals surface area contributed by atoms with E-state index in [0.717, 1.165) is 18.5 Å². The summed E-state index contributed by atoms with van der Waals surface area (Å²) in [7, 11) is 0. The molecule has 0 aliphatic heterocycles. The lowest BCUT2D eigenvalue weighted by Gasteiger charge is -2.07. The molecule has 0 saturated carbocycles. The van der Waals surface area contributed by atoms with Gasteiger partial charge in [0.1, 0.15) is 11.5 Å². The molecular formula is C20H28N4O. The number of aromatic nitrogens is 2. The number of nitrogens with one attached hydrogen (secondary N) is 2. The van der Waals surface area contributed by atoms with Crippen LogP contribution in [0.25, 0.3) is 0 Å². The van der Waals surface area contributed by atoms with Gasteiger partial charge in [-0.2, -0.15) is 0 Å². The van der Waals surface area contributed by atoms with Crippen LogP contribution >= 0.6 is 0 Å². The van der Waals surface area contributed by atoms with Gasteiger partial charge in [-0.25, -0.2) is 9.97 Å². The number of hydrogen-bond acceptors (Lipinski definition) is 4. The Morgan fingerprint density at radius 1 is 0.960 bits per heavy atom. The van der Waals surface area contributed by atoms with Crippen molar-refractivity contribution in [2.45, 2.75) is 52.0 Å². The Morgan fingerprint density at radius 3 is 2.44 bits per heavy atom. The summed E-state index contributed by atoms with van der Waals surface area (Å²) in [6, 6.07) is 9.80. The highest BCUT2D eigenvalue weighted by atomic mass is 16.1. The van der Waals surface area contributed by atoms with Crippen molar-refractivity contribution in [1.82, 2.24) is 15.3 Å². The molecule has 1 heterocycles. The number of hydrogen-bond donors (Lipinski definition) is 2. The normalized spacial score (nSPS) is 10.4. The molecule has 5 heteroatoms. The molecule has 5 nitrogen and oxygen atoms in total. The quantitative estimate of drug-likeness (QED) is 0.602. The third-order valence-corrected chi connectivity index (χ3v) is 4.02. The maximum absolute atomic E-state index is 12.1. The second kappa shape index (κ2) is 11.2. The molecule has 0 saturated heterocycles. The number of benzene rings is 1. The van der Waals surface area contributed by atoms with Crippen LogP contribution in [0.2, 0.25) is 0 Å². The first-order valence-corrected chi connectivity index (χ1v) is 9.17. The third kappa shape index (κ3) is 7.33. The predicted molar refractivity (Wildman–Crippen MR) is 102 cm³/mol. The van der Waals surface area contributed by atoms with Crippen molar-refractivity contribution >= 4 is 11.7 Å². The molecule has 1 aromatic carbocycles. The van der Waals surface area contributed by atoms with Crippen LogP contribution in [0, 0.1) is 0 Å². The van der Waals surface area contributed by atoms with Crippen molar-refractivity contribution in [3.05, 3.63) is 54.0 Å². The van der Waals surface area contributed by atoms with E-state index in [1.54, 1.807) is 6.20 Å². The number of unbranched alkanes of at least 4 members (excludes halogenated alkanes) is 5. The van der Waals surface area contributed by atoms with Crippen LogP contribution in [-0.2, 0) is 6.54 Å². The van der Waals surface area contributed by atoms with Gasteiger partial charge < -0.3 is 10.6 Å². The van der Waals surface area contributed by atoms with Crippen LogP contribution in [0.1, 0.15) is 61.5 Å². The van der Waals surface area contributed by atoms with E-state index in [4.69, 9.17) is 0 Å². The van der Waals surface area contributed by atoms with Crippen molar-refractivity contribution in [2.24, 2.45) is 0 Å². The molecule has 0 unspecified atom stereocenters. The summed E-state index contributed by atoms with van der Waals surface area (Å²) in [5, 5.41) is 6.10. The van der Waals surface area contributed by atoms with Crippen LogP contribution in [0.15, 0.2) is 42.7 Å². The lowest BCUT2D eigenvalue weighted by molar-refractivity contribution is 0.0945. The molecule has 0 spiro atoms. The predicted octanol–water partition coefficient (Wildman–Crippen LogP) is 4.18. The molecule has 1 aromatic heterocycles. The third-order valence-electron chi connectivity index (χ3n) is 4.02. The van der Waals surface area contributed by atoms with Crippen LogP contribution in [-0.4, -0.2) is 22.4 Å². The summed E-state index contributed by atoms with van der Waals surface area (Å²) in [6.07, 6.45) is 10.7. The molecule has 2 N–H and O–H groups in total.